The van der Waals surface area contributed by atoms with Crippen molar-refractivity contribution < 1.29 is 9.59 Å². The highest BCUT2D eigenvalue weighted by atomic mass is 32.1. The Morgan fingerprint density at radius 2 is 1.86 bits per heavy atom. The van der Waals surface area contributed by atoms with Crippen molar-refractivity contribution in [1.82, 2.24) is 19.9 Å². The lowest BCUT2D eigenvalue weighted by Gasteiger charge is -2.11. The number of nitrogens with zero attached hydrogens (tertiary/aromatic N) is 3. The van der Waals surface area contributed by atoms with Crippen molar-refractivity contribution in [3.8, 4) is 10.7 Å². The summed E-state index contributed by atoms with van der Waals surface area (Å²) in [5, 5.41) is 13.9. The maximum absolute atomic E-state index is 12.2. The fraction of sp³-hybridized carbons (Fsp3) is 0.200. The summed E-state index contributed by atoms with van der Waals surface area (Å²) in [6, 6.07) is 9.65. The number of carbonyl (C=O) groups is 2. The molecule has 4 rings (SSSR count). The lowest BCUT2D eigenvalue weighted by molar-refractivity contribution is -0.136. The topological polar surface area (TPSA) is 88.4 Å². The van der Waals surface area contributed by atoms with Gasteiger partial charge in [0.05, 0.1) is 10.6 Å². The lowest BCUT2D eigenvalue weighted by atomic mass is 10.1. The zero-order chi connectivity index (χ0) is 20.4. The third-order valence-electron chi connectivity index (χ3n) is 4.48. The molecule has 3 aromatic heterocycles. The van der Waals surface area contributed by atoms with Gasteiger partial charge in [0.15, 0.2) is 5.82 Å². The number of anilines is 1. The van der Waals surface area contributed by atoms with E-state index in [1.807, 2.05) is 54.9 Å². The smallest absolute Gasteiger partial charge is 0.313 e. The summed E-state index contributed by atoms with van der Waals surface area (Å²) in [4.78, 5) is 30.7. The van der Waals surface area contributed by atoms with Crippen LogP contribution in [0.4, 0.5) is 5.69 Å². The van der Waals surface area contributed by atoms with Gasteiger partial charge in [-0.3, -0.25) is 9.59 Å². The van der Waals surface area contributed by atoms with Crippen LogP contribution in [-0.4, -0.2) is 33.0 Å². The molecule has 0 fully saturated rings. The molecule has 2 amide bonds. The molecule has 0 saturated carbocycles. The molecule has 0 spiro atoms. The fourth-order valence-corrected chi connectivity index (χ4v) is 4.48. The van der Waals surface area contributed by atoms with Gasteiger partial charge in [-0.05, 0) is 36.4 Å². The minimum atomic E-state index is -0.668. The Labute approximate surface area is 175 Å². The average molecular weight is 426 g/mol. The van der Waals surface area contributed by atoms with Gasteiger partial charge in [0.2, 0.25) is 4.96 Å². The van der Waals surface area contributed by atoms with Crippen LogP contribution in [0.3, 0.4) is 0 Å². The van der Waals surface area contributed by atoms with Gasteiger partial charge in [-0.25, -0.2) is 4.52 Å². The number of thiophene rings is 1. The zero-order valence-electron chi connectivity index (χ0n) is 15.9. The molecule has 0 aliphatic carbocycles. The summed E-state index contributed by atoms with van der Waals surface area (Å²) in [5.74, 6) is -0.624. The summed E-state index contributed by atoms with van der Waals surface area (Å²) in [5.41, 5.74) is 3.45. The van der Waals surface area contributed by atoms with Gasteiger partial charge in [-0.1, -0.05) is 24.3 Å². The average Bonchev–Trinajstić information content (AvgIpc) is 3.42. The van der Waals surface area contributed by atoms with Crippen LogP contribution in [0.2, 0.25) is 0 Å². The second kappa shape index (κ2) is 8.14. The Balaban J connectivity index is 1.36. The third-order valence-corrected chi connectivity index (χ3v) is 6.21. The highest BCUT2D eigenvalue weighted by Crippen LogP contribution is 2.24. The molecule has 9 heteroatoms. The van der Waals surface area contributed by atoms with Crippen LogP contribution in [0.1, 0.15) is 16.8 Å². The van der Waals surface area contributed by atoms with E-state index in [0.717, 1.165) is 26.7 Å². The van der Waals surface area contributed by atoms with Crippen molar-refractivity contribution >= 4 is 45.1 Å². The number of rotatable bonds is 5. The van der Waals surface area contributed by atoms with Crippen LogP contribution >= 0.6 is 22.7 Å². The highest BCUT2D eigenvalue weighted by molar-refractivity contribution is 7.15. The van der Waals surface area contributed by atoms with Crippen molar-refractivity contribution in [2.75, 3.05) is 11.9 Å². The second-order valence-electron chi connectivity index (χ2n) is 6.56. The predicted octanol–water partition coefficient (Wildman–Crippen LogP) is 3.43. The van der Waals surface area contributed by atoms with E-state index < -0.39 is 11.8 Å². The van der Waals surface area contributed by atoms with Crippen LogP contribution in [0.5, 0.6) is 0 Å². The van der Waals surface area contributed by atoms with Gasteiger partial charge in [-0.15, -0.1) is 27.8 Å². The maximum Gasteiger partial charge on any atom is 0.313 e. The number of para-hydroxylation sites is 1. The molecule has 2 N–H and O–H groups in total. The molecule has 148 valence electrons. The van der Waals surface area contributed by atoms with E-state index >= 15 is 0 Å². The number of aryl methyl sites for hydroxylation is 2. The molecule has 0 radical (unpaired) electrons. The van der Waals surface area contributed by atoms with Crippen molar-refractivity contribution in [1.29, 1.82) is 0 Å². The fourth-order valence-electron chi connectivity index (χ4n) is 2.97. The van der Waals surface area contributed by atoms with Gasteiger partial charge in [0.1, 0.15) is 0 Å². The lowest BCUT2D eigenvalue weighted by Crippen LogP contribution is -2.36. The van der Waals surface area contributed by atoms with Crippen LogP contribution in [0, 0.1) is 13.8 Å². The standard InChI is InChI=1S/C20H19N5O2S2/c1-12-5-3-6-13(2)16(12)22-19(27)18(26)21-9-8-14-11-29-20-23-17(24-25(14)20)15-7-4-10-28-15/h3-7,10-11H,8-9H2,1-2H3,(H,21,26)(H,22,27). The quantitative estimate of drug-likeness (QED) is 0.480. The van der Waals surface area contributed by atoms with Crippen molar-refractivity contribution in [3.05, 3.63) is 57.9 Å². The normalized spacial score (nSPS) is 11.0. The Hall–Kier alpha value is -3.04. The molecule has 1 aromatic carbocycles. The first-order chi connectivity index (χ1) is 14.0. The van der Waals surface area contributed by atoms with Gasteiger partial charge >= 0.3 is 11.8 Å². The third kappa shape index (κ3) is 4.06. The number of nitrogens with one attached hydrogen (secondary N) is 2. The molecule has 0 saturated heterocycles. The van der Waals surface area contributed by atoms with Crippen molar-refractivity contribution in [2.24, 2.45) is 0 Å². The zero-order valence-corrected chi connectivity index (χ0v) is 17.6. The van der Waals surface area contributed by atoms with Gasteiger partial charge in [0, 0.05) is 24.0 Å². The second-order valence-corrected chi connectivity index (χ2v) is 8.35. The minimum absolute atomic E-state index is 0.332. The number of aromatic nitrogens is 3. The number of benzene rings is 1. The number of hydrogen-bond donors (Lipinski definition) is 2. The number of fused-ring (bicyclic) bond motifs is 1. The number of thiazole rings is 1. The number of carbonyl (C=O) groups excluding carboxylic acids is 2. The van der Waals surface area contributed by atoms with E-state index in [1.165, 1.54) is 11.3 Å². The molecule has 0 unspecified atom stereocenters. The van der Waals surface area contributed by atoms with Crippen LogP contribution in [0.25, 0.3) is 15.7 Å². The van der Waals surface area contributed by atoms with E-state index in [1.54, 1.807) is 15.9 Å². The maximum atomic E-state index is 12.2. The Morgan fingerprint density at radius 1 is 1.07 bits per heavy atom. The molecule has 4 aromatic rings. The van der Waals surface area contributed by atoms with Gasteiger partial charge in [-0.2, -0.15) is 4.98 Å². The summed E-state index contributed by atoms with van der Waals surface area (Å²) in [6.45, 7) is 4.12. The van der Waals surface area contributed by atoms with E-state index in [-0.39, 0.29) is 0 Å². The summed E-state index contributed by atoms with van der Waals surface area (Å²) in [6.07, 6.45) is 0.551. The van der Waals surface area contributed by atoms with Gasteiger partial charge in [0.25, 0.3) is 0 Å². The minimum Gasteiger partial charge on any atom is -0.347 e. The van der Waals surface area contributed by atoms with Gasteiger partial charge < -0.3 is 10.6 Å². The van der Waals surface area contributed by atoms with Crippen molar-refractivity contribution in [3.63, 3.8) is 0 Å². The van der Waals surface area contributed by atoms with Crippen LogP contribution in [-0.2, 0) is 16.0 Å². The highest BCUT2D eigenvalue weighted by Gasteiger charge is 2.16. The van der Waals surface area contributed by atoms with E-state index in [9.17, 15) is 9.59 Å². The molecule has 0 bridgehead atoms. The first kappa shape index (κ1) is 19.3. The first-order valence-electron chi connectivity index (χ1n) is 9.05. The van der Waals surface area contributed by atoms with Crippen LogP contribution in [0.15, 0.2) is 41.1 Å². The molecule has 0 aliphatic heterocycles. The molecule has 7 nitrogen and oxygen atoms in total. The largest absolute Gasteiger partial charge is 0.347 e. The number of hydrogen-bond acceptors (Lipinski definition) is 6. The summed E-state index contributed by atoms with van der Waals surface area (Å²) >= 11 is 3.10. The van der Waals surface area contributed by atoms with E-state index in [2.05, 4.69) is 20.7 Å². The molecule has 3 heterocycles. The van der Waals surface area contributed by atoms with Crippen LogP contribution < -0.4 is 10.6 Å². The molecule has 29 heavy (non-hydrogen) atoms. The molecular weight excluding hydrogens is 406 g/mol. The monoisotopic (exact) mass is 425 g/mol. The molecule has 0 aliphatic rings. The summed E-state index contributed by atoms with van der Waals surface area (Å²) < 4.78 is 1.79. The Bertz CT molecular complexity index is 1160. The summed E-state index contributed by atoms with van der Waals surface area (Å²) in [7, 11) is 0. The Kier molecular flexibility index (Phi) is 5.41. The molecular formula is C20H19N5O2S2. The first-order valence-corrected chi connectivity index (χ1v) is 10.8. The number of amides is 2. The van der Waals surface area contributed by atoms with E-state index in [4.69, 9.17) is 0 Å². The predicted molar refractivity (Wildman–Crippen MR) is 115 cm³/mol. The van der Waals surface area contributed by atoms with Crippen molar-refractivity contribution in [2.45, 2.75) is 20.3 Å². The van der Waals surface area contributed by atoms with E-state index in [0.29, 0.717) is 24.5 Å². The molecule has 0 atom stereocenters. The Morgan fingerprint density at radius 3 is 2.59 bits per heavy atom. The SMILES string of the molecule is Cc1cccc(C)c1NC(=O)C(=O)NCCc1csc2nc(-c3cccs3)nn12.